The van der Waals surface area contributed by atoms with Gasteiger partial charge in [-0.15, -0.1) is 24.0 Å². The molecule has 1 saturated heterocycles. The Morgan fingerprint density at radius 1 is 1.32 bits per heavy atom. The van der Waals surface area contributed by atoms with Gasteiger partial charge in [-0.1, -0.05) is 6.07 Å². The van der Waals surface area contributed by atoms with Crippen molar-refractivity contribution in [3.8, 4) is 11.5 Å². The number of rotatable bonds is 7. The Morgan fingerprint density at radius 3 is 2.61 bits per heavy atom. The molecule has 1 unspecified atom stereocenters. The maximum atomic E-state index is 11.9. The number of piperidine rings is 1. The van der Waals surface area contributed by atoms with Gasteiger partial charge in [0, 0.05) is 26.2 Å². The second-order valence-corrected chi connectivity index (χ2v) is 6.55. The quantitative estimate of drug-likeness (QED) is 0.266. The molecule has 1 aliphatic heterocycles. The number of halogens is 1. The standard InChI is InChI=1S/C20H31N3O4.HI/c1-5-26-19(24)16-9-11-23(12-10-16)20(21-3)22-14-15(2)27-18-8-6-7-17(13-18)25-4;/h6-8,13,15-16H,5,9-12,14H2,1-4H3,(H,21,22);1H. The van der Waals surface area contributed by atoms with E-state index in [9.17, 15) is 4.79 Å². The molecule has 0 saturated carbocycles. The predicted molar refractivity (Wildman–Crippen MR) is 121 cm³/mol. The Hall–Kier alpha value is -1.71. The number of carbonyl (C=O) groups is 1. The van der Waals surface area contributed by atoms with Crippen LogP contribution in [0.2, 0.25) is 0 Å². The zero-order chi connectivity index (χ0) is 19.6. The van der Waals surface area contributed by atoms with Gasteiger partial charge in [-0.3, -0.25) is 9.79 Å². The first-order chi connectivity index (χ1) is 13.1. The third-order valence-electron chi connectivity index (χ3n) is 4.55. The molecule has 1 aromatic rings. The van der Waals surface area contributed by atoms with Gasteiger partial charge in [0.15, 0.2) is 5.96 Å². The van der Waals surface area contributed by atoms with Gasteiger partial charge in [-0.05, 0) is 38.8 Å². The Kier molecular flexibility index (Phi) is 11.0. The van der Waals surface area contributed by atoms with Gasteiger partial charge in [0.25, 0.3) is 0 Å². The van der Waals surface area contributed by atoms with E-state index >= 15 is 0 Å². The van der Waals surface area contributed by atoms with Crippen LogP contribution in [0.4, 0.5) is 0 Å². The predicted octanol–water partition coefficient (Wildman–Crippen LogP) is 2.93. The summed E-state index contributed by atoms with van der Waals surface area (Å²) in [6, 6.07) is 7.57. The molecule has 0 amide bonds. The number of nitrogens with zero attached hydrogens (tertiary/aromatic N) is 2. The number of nitrogens with one attached hydrogen (secondary N) is 1. The molecule has 1 fully saturated rings. The maximum absolute atomic E-state index is 11.9. The molecule has 0 radical (unpaired) electrons. The van der Waals surface area contributed by atoms with Gasteiger partial charge in [0.1, 0.15) is 17.6 Å². The van der Waals surface area contributed by atoms with Gasteiger partial charge in [-0.25, -0.2) is 0 Å². The first kappa shape index (κ1) is 24.3. The molecule has 8 heteroatoms. The lowest BCUT2D eigenvalue weighted by atomic mass is 9.97. The van der Waals surface area contributed by atoms with Gasteiger partial charge in [0.2, 0.25) is 0 Å². The number of guanidine groups is 1. The monoisotopic (exact) mass is 505 g/mol. The molecule has 1 aliphatic rings. The number of hydrogen-bond acceptors (Lipinski definition) is 5. The number of esters is 1. The topological polar surface area (TPSA) is 72.4 Å². The second kappa shape index (κ2) is 12.7. The van der Waals surface area contributed by atoms with Gasteiger partial charge in [-0.2, -0.15) is 0 Å². The fourth-order valence-corrected chi connectivity index (χ4v) is 3.10. The zero-order valence-corrected chi connectivity index (χ0v) is 19.5. The van der Waals surface area contributed by atoms with E-state index in [0.29, 0.717) is 13.2 Å². The Labute approximate surface area is 184 Å². The summed E-state index contributed by atoms with van der Waals surface area (Å²) in [5.41, 5.74) is 0. The summed E-state index contributed by atoms with van der Waals surface area (Å²) in [6.07, 6.45) is 1.54. The smallest absolute Gasteiger partial charge is 0.309 e. The number of likely N-dealkylation sites (tertiary alicyclic amines) is 1. The summed E-state index contributed by atoms with van der Waals surface area (Å²) in [4.78, 5) is 18.4. The van der Waals surface area contributed by atoms with E-state index in [-0.39, 0.29) is 42.0 Å². The summed E-state index contributed by atoms with van der Waals surface area (Å²) < 4.78 is 16.3. The van der Waals surface area contributed by atoms with Crippen LogP contribution in [-0.2, 0) is 9.53 Å². The number of benzene rings is 1. The summed E-state index contributed by atoms with van der Waals surface area (Å²) in [7, 11) is 3.41. The maximum Gasteiger partial charge on any atom is 0.309 e. The first-order valence-electron chi connectivity index (χ1n) is 9.50. The van der Waals surface area contributed by atoms with E-state index in [1.807, 2.05) is 38.1 Å². The van der Waals surface area contributed by atoms with Crippen molar-refractivity contribution in [2.24, 2.45) is 10.9 Å². The number of ether oxygens (including phenoxy) is 3. The summed E-state index contributed by atoms with van der Waals surface area (Å²) in [6.45, 7) is 6.48. The highest BCUT2D eigenvalue weighted by molar-refractivity contribution is 14.0. The van der Waals surface area contributed by atoms with Crippen molar-refractivity contribution in [1.29, 1.82) is 0 Å². The average Bonchev–Trinajstić information content (AvgIpc) is 2.69. The minimum Gasteiger partial charge on any atom is -0.497 e. The largest absolute Gasteiger partial charge is 0.497 e. The molecule has 7 nitrogen and oxygen atoms in total. The molecule has 0 aromatic heterocycles. The van der Waals surface area contributed by atoms with Crippen LogP contribution in [0.3, 0.4) is 0 Å². The van der Waals surface area contributed by atoms with Crippen molar-refractivity contribution >= 4 is 35.9 Å². The normalized spacial score (nSPS) is 16.0. The molecule has 0 spiro atoms. The fourth-order valence-electron chi connectivity index (χ4n) is 3.10. The summed E-state index contributed by atoms with van der Waals surface area (Å²) in [5, 5.41) is 3.36. The van der Waals surface area contributed by atoms with Gasteiger partial charge >= 0.3 is 5.97 Å². The van der Waals surface area contributed by atoms with Crippen LogP contribution >= 0.6 is 24.0 Å². The van der Waals surface area contributed by atoms with E-state index in [0.717, 1.165) is 43.4 Å². The molecular weight excluding hydrogens is 473 g/mol. The van der Waals surface area contributed by atoms with Crippen molar-refractivity contribution < 1.29 is 19.0 Å². The third kappa shape index (κ3) is 7.37. The molecule has 1 aromatic carbocycles. The molecule has 28 heavy (non-hydrogen) atoms. The van der Waals surface area contributed by atoms with E-state index < -0.39 is 0 Å². The minimum absolute atomic E-state index is 0. The summed E-state index contributed by atoms with van der Waals surface area (Å²) >= 11 is 0. The highest BCUT2D eigenvalue weighted by atomic mass is 127. The van der Waals surface area contributed by atoms with Crippen LogP contribution in [0.5, 0.6) is 11.5 Å². The second-order valence-electron chi connectivity index (χ2n) is 6.55. The molecule has 0 aliphatic carbocycles. The average molecular weight is 505 g/mol. The van der Waals surface area contributed by atoms with Crippen LogP contribution in [0, 0.1) is 5.92 Å². The number of hydrogen-bond donors (Lipinski definition) is 1. The molecule has 1 atom stereocenters. The van der Waals surface area contributed by atoms with Crippen LogP contribution in [0.25, 0.3) is 0 Å². The summed E-state index contributed by atoms with van der Waals surface area (Å²) in [5.74, 6) is 2.29. The van der Waals surface area contributed by atoms with Gasteiger partial charge in [0.05, 0.1) is 26.2 Å². The lowest BCUT2D eigenvalue weighted by Crippen LogP contribution is -2.48. The SMILES string of the molecule is CCOC(=O)C1CCN(C(=NC)NCC(C)Oc2cccc(OC)c2)CC1.I. The number of carbonyl (C=O) groups excluding carboxylic acids is 1. The molecular formula is C20H32IN3O4. The van der Waals surface area contributed by atoms with Crippen LogP contribution in [-0.4, -0.2) is 63.3 Å². The fraction of sp³-hybridized carbons (Fsp3) is 0.600. The first-order valence-corrected chi connectivity index (χ1v) is 9.50. The van der Waals surface area contributed by atoms with E-state index in [4.69, 9.17) is 14.2 Å². The van der Waals surface area contributed by atoms with Crippen molar-refractivity contribution in [1.82, 2.24) is 10.2 Å². The molecule has 2 rings (SSSR count). The molecule has 158 valence electrons. The van der Waals surface area contributed by atoms with Crippen molar-refractivity contribution in [2.75, 3.05) is 40.4 Å². The third-order valence-corrected chi connectivity index (χ3v) is 4.55. The van der Waals surface area contributed by atoms with Crippen molar-refractivity contribution in [2.45, 2.75) is 32.8 Å². The highest BCUT2D eigenvalue weighted by Gasteiger charge is 2.27. The van der Waals surface area contributed by atoms with Crippen molar-refractivity contribution in [3.05, 3.63) is 24.3 Å². The van der Waals surface area contributed by atoms with Crippen molar-refractivity contribution in [3.63, 3.8) is 0 Å². The van der Waals surface area contributed by atoms with E-state index in [2.05, 4.69) is 15.2 Å². The van der Waals surface area contributed by atoms with Crippen LogP contribution in [0.15, 0.2) is 29.3 Å². The zero-order valence-electron chi connectivity index (χ0n) is 17.1. The molecule has 1 N–H and O–H groups in total. The molecule has 1 heterocycles. The lowest BCUT2D eigenvalue weighted by molar-refractivity contribution is -0.149. The van der Waals surface area contributed by atoms with E-state index in [1.54, 1.807) is 14.2 Å². The highest BCUT2D eigenvalue weighted by Crippen LogP contribution is 2.20. The lowest BCUT2D eigenvalue weighted by Gasteiger charge is -2.33. The minimum atomic E-state index is -0.0830. The molecule has 0 bridgehead atoms. The number of aliphatic imine (C=N–C) groups is 1. The Balaban J connectivity index is 0.00000392. The van der Waals surface area contributed by atoms with Crippen LogP contribution in [0.1, 0.15) is 26.7 Å². The van der Waals surface area contributed by atoms with Crippen LogP contribution < -0.4 is 14.8 Å². The Morgan fingerprint density at radius 2 is 2.00 bits per heavy atom. The van der Waals surface area contributed by atoms with E-state index in [1.165, 1.54) is 0 Å². The Bertz CT molecular complexity index is 634. The number of methoxy groups -OCH3 is 1. The van der Waals surface area contributed by atoms with Gasteiger partial charge < -0.3 is 24.4 Å².